The Balaban J connectivity index is 2.58. The second-order valence-corrected chi connectivity index (χ2v) is 3.85. The van der Waals surface area contributed by atoms with Crippen molar-refractivity contribution in [2.75, 3.05) is 6.61 Å². The van der Waals surface area contributed by atoms with E-state index in [2.05, 4.69) is 0 Å². The van der Waals surface area contributed by atoms with Crippen LogP contribution >= 0.6 is 0 Å². The summed E-state index contributed by atoms with van der Waals surface area (Å²) >= 11 is 0. The molecule has 0 radical (unpaired) electrons. The zero-order valence-electron chi connectivity index (χ0n) is 9.96. The van der Waals surface area contributed by atoms with Gasteiger partial charge >= 0.3 is 0 Å². The van der Waals surface area contributed by atoms with Crippen LogP contribution in [0.25, 0.3) is 0 Å². The molecule has 0 heterocycles. The number of non-ortho nitro benzene ring substituents is 1. The normalized spacial score (nSPS) is 11.9. The molecule has 4 N–H and O–H groups in total. The number of carbonyl (C=O) groups excluding carboxylic acids is 1. The number of carbonyl (C=O) groups is 1. The predicted octanol–water partition coefficient (Wildman–Crippen LogP) is 0.485. The van der Waals surface area contributed by atoms with Crippen molar-refractivity contribution >= 4 is 11.6 Å². The molecule has 7 nitrogen and oxygen atoms in total. The maximum Gasteiger partial charge on any atom is 0.269 e. The molecule has 1 unspecified atom stereocenters. The number of amides is 1. The highest BCUT2D eigenvalue weighted by molar-refractivity contribution is 5.79. The fraction of sp³-hybridized carbons (Fsp3) is 0.364. The third kappa shape index (κ3) is 3.70. The van der Waals surface area contributed by atoms with Gasteiger partial charge in [-0.15, -0.1) is 0 Å². The van der Waals surface area contributed by atoms with Crippen LogP contribution in [0.2, 0.25) is 0 Å². The molecule has 1 rings (SSSR count). The quantitative estimate of drug-likeness (QED) is 0.564. The Bertz CT molecular complexity index is 462. The molecule has 98 valence electrons. The summed E-state index contributed by atoms with van der Waals surface area (Å²) in [4.78, 5) is 20.8. The highest BCUT2D eigenvalue weighted by atomic mass is 16.6. The predicted molar refractivity (Wildman–Crippen MR) is 65.1 cm³/mol. The third-order valence-corrected chi connectivity index (χ3v) is 2.42. The molecule has 0 aliphatic carbocycles. The first-order valence-electron chi connectivity index (χ1n) is 5.34. The summed E-state index contributed by atoms with van der Waals surface area (Å²) in [6, 6.07) is 3.55. The number of primary amides is 1. The molecular formula is C11H15N3O4. The fourth-order valence-electron chi connectivity index (χ4n) is 1.35. The van der Waals surface area contributed by atoms with Gasteiger partial charge in [-0.3, -0.25) is 14.9 Å². The monoisotopic (exact) mass is 253 g/mol. The minimum Gasteiger partial charge on any atom is -0.493 e. The minimum absolute atomic E-state index is 0.00804. The average molecular weight is 253 g/mol. The molecule has 0 aromatic heterocycles. The molecule has 0 fully saturated rings. The van der Waals surface area contributed by atoms with Crippen LogP contribution in [0.15, 0.2) is 18.2 Å². The number of rotatable bonds is 6. The van der Waals surface area contributed by atoms with Crippen LogP contribution in [0.5, 0.6) is 5.75 Å². The van der Waals surface area contributed by atoms with E-state index in [0.29, 0.717) is 17.7 Å². The number of hydrogen-bond donors (Lipinski definition) is 2. The van der Waals surface area contributed by atoms with E-state index >= 15 is 0 Å². The minimum atomic E-state index is -0.747. The molecule has 1 aromatic carbocycles. The van der Waals surface area contributed by atoms with Crippen LogP contribution in [-0.2, 0) is 4.79 Å². The second kappa shape index (κ2) is 5.97. The first-order chi connectivity index (χ1) is 8.41. The number of benzene rings is 1. The van der Waals surface area contributed by atoms with Crippen molar-refractivity contribution < 1.29 is 14.5 Å². The molecule has 1 amide bonds. The van der Waals surface area contributed by atoms with E-state index in [-0.39, 0.29) is 12.3 Å². The number of ether oxygens (including phenoxy) is 1. The largest absolute Gasteiger partial charge is 0.493 e. The van der Waals surface area contributed by atoms with Crippen molar-refractivity contribution in [1.29, 1.82) is 0 Å². The number of nitro groups is 1. The van der Waals surface area contributed by atoms with Gasteiger partial charge in [0, 0.05) is 18.6 Å². The Hall–Kier alpha value is -2.15. The zero-order valence-corrected chi connectivity index (χ0v) is 9.96. The van der Waals surface area contributed by atoms with E-state index < -0.39 is 16.9 Å². The first kappa shape index (κ1) is 13.9. The average Bonchev–Trinajstić information content (AvgIpc) is 2.30. The standard InChI is InChI=1S/C11H15N3O4/c1-7-6-8(14(16)17)2-3-10(7)18-5-4-9(12)11(13)15/h2-3,6,9H,4-5,12H2,1H3,(H2,13,15). The van der Waals surface area contributed by atoms with Crippen molar-refractivity contribution in [1.82, 2.24) is 0 Å². The molecule has 0 aliphatic heterocycles. The third-order valence-electron chi connectivity index (χ3n) is 2.42. The van der Waals surface area contributed by atoms with Gasteiger partial charge < -0.3 is 16.2 Å². The van der Waals surface area contributed by atoms with Crippen LogP contribution in [-0.4, -0.2) is 23.5 Å². The van der Waals surface area contributed by atoms with Gasteiger partial charge in [0.2, 0.25) is 5.91 Å². The summed E-state index contributed by atoms with van der Waals surface area (Å²) in [7, 11) is 0. The summed E-state index contributed by atoms with van der Waals surface area (Å²) in [5.41, 5.74) is 11.1. The van der Waals surface area contributed by atoms with Crippen LogP contribution in [0, 0.1) is 17.0 Å². The van der Waals surface area contributed by atoms with Crippen LogP contribution < -0.4 is 16.2 Å². The summed E-state index contributed by atoms with van der Waals surface area (Å²) in [6.45, 7) is 1.93. The Morgan fingerprint density at radius 1 is 1.56 bits per heavy atom. The van der Waals surface area contributed by atoms with Crippen molar-refractivity contribution in [2.45, 2.75) is 19.4 Å². The summed E-state index contributed by atoms with van der Waals surface area (Å²) < 4.78 is 5.38. The Kier molecular flexibility index (Phi) is 4.61. The van der Waals surface area contributed by atoms with Crippen molar-refractivity contribution in [2.24, 2.45) is 11.5 Å². The van der Waals surface area contributed by atoms with E-state index in [1.807, 2.05) is 0 Å². The van der Waals surface area contributed by atoms with Crippen molar-refractivity contribution in [3.05, 3.63) is 33.9 Å². The Morgan fingerprint density at radius 2 is 2.22 bits per heavy atom. The lowest BCUT2D eigenvalue weighted by molar-refractivity contribution is -0.384. The van der Waals surface area contributed by atoms with Gasteiger partial charge in [-0.25, -0.2) is 0 Å². The molecule has 0 spiro atoms. The summed E-state index contributed by atoms with van der Waals surface area (Å²) in [5, 5.41) is 10.5. The topological polar surface area (TPSA) is 121 Å². The highest BCUT2D eigenvalue weighted by Gasteiger charge is 2.11. The molecule has 0 bridgehead atoms. The Morgan fingerprint density at radius 3 is 2.72 bits per heavy atom. The van der Waals surface area contributed by atoms with Gasteiger partial charge in [0.1, 0.15) is 5.75 Å². The molecular weight excluding hydrogens is 238 g/mol. The first-order valence-corrected chi connectivity index (χ1v) is 5.34. The van der Waals surface area contributed by atoms with E-state index in [4.69, 9.17) is 16.2 Å². The Labute approximate surface area is 104 Å². The van der Waals surface area contributed by atoms with Gasteiger partial charge in [-0.2, -0.15) is 0 Å². The number of hydrogen-bond acceptors (Lipinski definition) is 5. The number of nitro benzene ring substituents is 1. The highest BCUT2D eigenvalue weighted by Crippen LogP contribution is 2.23. The van der Waals surface area contributed by atoms with Crippen LogP contribution in [0.4, 0.5) is 5.69 Å². The smallest absolute Gasteiger partial charge is 0.269 e. The summed E-state index contributed by atoms with van der Waals surface area (Å²) in [5.74, 6) is -0.0590. The van der Waals surface area contributed by atoms with E-state index in [1.54, 1.807) is 6.92 Å². The molecule has 1 aromatic rings. The number of nitrogens with zero attached hydrogens (tertiary/aromatic N) is 1. The van der Waals surface area contributed by atoms with Gasteiger partial charge in [-0.1, -0.05) is 0 Å². The molecule has 7 heteroatoms. The molecule has 0 aliphatic rings. The van der Waals surface area contributed by atoms with Crippen molar-refractivity contribution in [3.8, 4) is 5.75 Å². The van der Waals surface area contributed by atoms with E-state index in [0.717, 1.165) is 0 Å². The van der Waals surface area contributed by atoms with Crippen LogP contribution in [0.3, 0.4) is 0 Å². The number of aryl methyl sites for hydroxylation is 1. The van der Waals surface area contributed by atoms with Gasteiger partial charge in [0.05, 0.1) is 17.6 Å². The molecule has 18 heavy (non-hydrogen) atoms. The maximum absolute atomic E-state index is 10.7. The lowest BCUT2D eigenvalue weighted by Gasteiger charge is -2.11. The van der Waals surface area contributed by atoms with Crippen LogP contribution in [0.1, 0.15) is 12.0 Å². The maximum atomic E-state index is 10.7. The van der Waals surface area contributed by atoms with Gasteiger partial charge in [-0.05, 0) is 18.6 Å². The SMILES string of the molecule is Cc1cc([N+](=O)[O-])ccc1OCCC(N)C(N)=O. The zero-order chi connectivity index (χ0) is 13.7. The number of nitrogens with two attached hydrogens (primary N) is 2. The molecule has 1 atom stereocenters. The molecule has 0 saturated heterocycles. The van der Waals surface area contributed by atoms with Gasteiger partial charge in [0.25, 0.3) is 5.69 Å². The van der Waals surface area contributed by atoms with Crippen molar-refractivity contribution in [3.63, 3.8) is 0 Å². The van der Waals surface area contributed by atoms with E-state index in [1.165, 1.54) is 18.2 Å². The van der Waals surface area contributed by atoms with Gasteiger partial charge in [0.15, 0.2) is 0 Å². The lowest BCUT2D eigenvalue weighted by atomic mass is 10.2. The fourth-order valence-corrected chi connectivity index (χ4v) is 1.35. The van der Waals surface area contributed by atoms with E-state index in [9.17, 15) is 14.9 Å². The second-order valence-electron chi connectivity index (χ2n) is 3.85. The lowest BCUT2D eigenvalue weighted by Crippen LogP contribution is -2.37. The molecule has 0 saturated carbocycles. The summed E-state index contributed by atoms with van der Waals surface area (Å²) in [6.07, 6.45) is 0.297.